The molecule has 11 nitrogen and oxygen atoms in total. The molecule has 1 amide bonds. The number of carbonyl (C=O) groups excluding carboxylic acids is 2. The Morgan fingerprint density at radius 1 is 0.500 bits per heavy atom. The highest BCUT2D eigenvalue weighted by atomic mass is 31.2. The number of aliphatic hydroxyl groups is 1. The van der Waals surface area contributed by atoms with E-state index < -0.39 is 57.6 Å². The number of esters is 1. The molecule has 0 aliphatic rings. The Labute approximate surface area is 398 Å². The summed E-state index contributed by atoms with van der Waals surface area (Å²) in [6, 6.07) is -1.58. The maximum absolute atomic E-state index is 12.4. The summed E-state index contributed by atoms with van der Waals surface area (Å²) in [5.74, 6) is -2.46. The van der Waals surface area contributed by atoms with E-state index in [4.69, 9.17) is 13.8 Å². The van der Waals surface area contributed by atoms with Gasteiger partial charge in [-0.2, -0.15) is 0 Å². The number of carbonyl (C=O) groups is 3. The number of aliphatic hydroxyl groups excluding tert-OH is 1. The fourth-order valence-electron chi connectivity index (χ4n) is 5.95. The van der Waals surface area contributed by atoms with Crippen molar-refractivity contribution in [2.24, 2.45) is 0 Å². The number of hydrogen-bond acceptors (Lipinski definition) is 8. The summed E-state index contributed by atoms with van der Waals surface area (Å²) in [7, 11) is -4.79. The number of hydrogen-bond donors (Lipinski definition) is 4. The van der Waals surface area contributed by atoms with Crippen molar-refractivity contribution in [3.63, 3.8) is 0 Å². The van der Waals surface area contributed by atoms with Crippen LogP contribution in [0, 0.1) is 0 Å². The number of phosphoric ester groups is 1. The highest BCUT2D eigenvalue weighted by Crippen LogP contribution is 2.43. The molecule has 0 aromatic heterocycles. The number of carboxylic acid groups (broad SMARTS) is 1. The average molecular weight is 940 g/mol. The van der Waals surface area contributed by atoms with Crippen molar-refractivity contribution in [3.8, 4) is 0 Å². The van der Waals surface area contributed by atoms with E-state index in [0.717, 1.165) is 103 Å². The molecule has 0 aliphatic heterocycles. The molecule has 0 heterocycles. The molecule has 3 unspecified atom stereocenters. The van der Waals surface area contributed by atoms with Gasteiger partial charge in [-0.3, -0.25) is 18.6 Å². The third-order valence-corrected chi connectivity index (χ3v) is 10.7. The minimum atomic E-state index is -4.79. The molecule has 4 N–H and O–H groups in total. The average Bonchev–Trinajstić information content (AvgIpc) is 3.29. The molecule has 0 saturated carbocycles. The second-order valence-corrected chi connectivity index (χ2v) is 17.4. The van der Waals surface area contributed by atoms with E-state index in [-0.39, 0.29) is 12.8 Å². The quantitative estimate of drug-likeness (QED) is 0.0200. The molecule has 0 aromatic rings. The minimum Gasteiger partial charge on any atom is -0.480 e. The highest BCUT2D eigenvalue weighted by molar-refractivity contribution is 7.47. The number of carboxylic acids is 1. The van der Waals surface area contributed by atoms with Crippen molar-refractivity contribution < 1.29 is 47.8 Å². The largest absolute Gasteiger partial charge is 0.480 e. The molecule has 12 heteroatoms. The molecule has 0 aromatic carbocycles. The van der Waals surface area contributed by atoms with E-state index in [2.05, 4.69) is 141 Å². The van der Waals surface area contributed by atoms with E-state index in [1.807, 2.05) is 0 Å². The van der Waals surface area contributed by atoms with Gasteiger partial charge >= 0.3 is 19.8 Å². The molecular formula is C54H86NO10P. The lowest BCUT2D eigenvalue weighted by Gasteiger charge is -2.18. The number of amides is 1. The van der Waals surface area contributed by atoms with Crippen LogP contribution in [0.15, 0.2) is 122 Å². The number of rotatable bonds is 44. The third kappa shape index (κ3) is 46.4. The van der Waals surface area contributed by atoms with Gasteiger partial charge in [-0.1, -0.05) is 167 Å². The topological polar surface area (TPSA) is 169 Å². The molecule has 0 rings (SSSR count). The Hall–Kier alpha value is -4.12. The summed E-state index contributed by atoms with van der Waals surface area (Å²) < 4.78 is 26.9. The van der Waals surface area contributed by atoms with Crippen molar-refractivity contribution in [1.29, 1.82) is 0 Å². The van der Waals surface area contributed by atoms with Gasteiger partial charge in [0.1, 0.15) is 12.7 Å². The van der Waals surface area contributed by atoms with E-state index in [0.29, 0.717) is 12.8 Å². The number of ether oxygens (including phenoxy) is 1. The molecular weight excluding hydrogens is 854 g/mol. The lowest BCUT2D eigenvalue weighted by Crippen LogP contribution is -2.43. The van der Waals surface area contributed by atoms with Crippen molar-refractivity contribution in [3.05, 3.63) is 122 Å². The molecule has 0 bridgehead atoms. The third-order valence-electron chi connectivity index (χ3n) is 9.73. The van der Waals surface area contributed by atoms with E-state index >= 15 is 0 Å². The van der Waals surface area contributed by atoms with Gasteiger partial charge in [-0.15, -0.1) is 0 Å². The van der Waals surface area contributed by atoms with Gasteiger partial charge in [0.05, 0.1) is 13.2 Å². The predicted octanol–water partition coefficient (Wildman–Crippen LogP) is 13.6. The zero-order valence-corrected chi connectivity index (χ0v) is 41.3. The van der Waals surface area contributed by atoms with Gasteiger partial charge in [0.15, 0.2) is 6.04 Å². The first-order chi connectivity index (χ1) is 32.1. The SMILES string of the molecule is CC/C=C\C/C=C\C/C=C\C/C=C\C/C=C\C/C=C\CCCCCCC(=O)NC(COP(=O)(O)OCC(O)COC(=O)CCCCC/C=C\C/C=C\C/C=C\C/C=C\CCCCC)C(=O)O. The van der Waals surface area contributed by atoms with Crippen molar-refractivity contribution >= 4 is 25.7 Å². The van der Waals surface area contributed by atoms with Gasteiger partial charge in [0.25, 0.3) is 0 Å². The molecule has 0 saturated heterocycles. The van der Waals surface area contributed by atoms with Crippen molar-refractivity contribution in [1.82, 2.24) is 5.32 Å². The van der Waals surface area contributed by atoms with Gasteiger partial charge in [-0.05, 0) is 109 Å². The maximum atomic E-state index is 12.4. The zero-order valence-electron chi connectivity index (χ0n) is 40.4. The molecule has 66 heavy (non-hydrogen) atoms. The van der Waals surface area contributed by atoms with Crippen LogP contribution in [-0.2, 0) is 32.7 Å². The number of unbranched alkanes of at least 4 members (excludes halogenated alkanes) is 10. The van der Waals surface area contributed by atoms with E-state index in [1.54, 1.807) is 0 Å². The van der Waals surface area contributed by atoms with Crippen LogP contribution in [0.2, 0.25) is 0 Å². The summed E-state index contributed by atoms with van der Waals surface area (Å²) in [5.41, 5.74) is 0. The highest BCUT2D eigenvalue weighted by Gasteiger charge is 2.28. The standard InChI is InChI=1S/C54H86NO10P/c1-3-5-7-9-11-13-15-17-19-21-23-24-25-26-28-29-31-33-35-37-39-41-43-45-52(57)55-51(54(59)60)49-65-66(61,62)64-48-50(56)47-63-53(58)46-44-42-40-38-36-34-32-30-27-22-20-18-16-14-12-10-8-6-4-2/h5,7,11-14,17-20,23-24,26-28,30-31,33-34,36,50-51,56H,3-4,6,8-10,15-16,21-22,25,29,32,35,37-49H2,1-2H3,(H,55,57)(H,59,60)(H,61,62)/b7-5-,13-11-,14-12-,19-17-,20-18-,24-23-,28-26-,30-27-,33-31-,36-34-. The van der Waals surface area contributed by atoms with Crippen LogP contribution in [-0.4, -0.2) is 64.9 Å². The molecule has 0 aliphatic carbocycles. The Morgan fingerprint density at radius 2 is 0.879 bits per heavy atom. The van der Waals surface area contributed by atoms with Gasteiger partial charge in [0, 0.05) is 12.8 Å². The van der Waals surface area contributed by atoms with Gasteiger partial charge < -0.3 is 25.2 Å². The van der Waals surface area contributed by atoms with Crippen LogP contribution in [0.5, 0.6) is 0 Å². The first-order valence-corrected chi connectivity index (χ1v) is 26.1. The van der Waals surface area contributed by atoms with E-state index in [9.17, 15) is 34.1 Å². The zero-order chi connectivity index (χ0) is 48.4. The summed E-state index contributed by atoms with van der Waals surface area (Å²) in [4.78, 5) is 46.1. The van der Waals surface area contributed by atoms with Gasteiger partial charge in [0.2, 0.25) is 5.91 Å². The summed E-state index contributed by atoms with van der Waals surface area (Å²) in [6.07, 6.45) is 63.6. The number of aliphatic carboxylic acids is 1. The smallest absolute Gasteiger partial charge is 0.472 e. The fraction of sp³-hybridized carbons (Fsp3) is 0.574. The van der Waals surface area contributed by atoms with Crippen LogP contribution in [0.1, 0.15) is 168 Å². The van der Waals surface area contributed by atoms with Crippen LogP contribution >= 0.6 is 7.82 Å². The molecule has 0 radical (unpaired) electrons. The van der Waals surface area contributed by atoms with Crippen LogP contribution in [0.3, 0.4) is 0 Å². The second-order valence-electron chi connectivity index (χ2n) is 15.9. The predicted molar refractivity (Wildman–Crippen MR) is 272 cm³/mol. The van der Waals surface area contributed by atoms with Crippen LogP contribution < -0.4 is 5.32 Å². The van der Waals surface area contributed by atoms with Gasteiger partial charge in [-0.25, -0.2) is 9.36 Å². The van der Waals surface area contributed by atoms with E-state index in [1.165, 1.54) is 25.7 Å². The Balaban J connectivity index is 3.99. The summed E-state index contributed by atoms with van der Waals surface area (Å²) in [5, 5.41) is 21.9. The number of allylic oxidation sites excluding steroid dienone is 20. The number of nitrogens with one attached hydrogen (secondary N) is 1. The Bertz CT molecular complexity index is 1570. The Morgan fingerprint density at radius 3 is 1.32 bits per heavy atom. The normalized spacial score (nSPS) is 14.6. The molecule has 0 fully saturated rings. The lowest BCUT2D eigenvalue weighted by atomic mass is 10.1. The maximum Gasteiger partial charge on any atom is 0.472 e. The second kappa shape index (κ2) is 47.4. The number of phosphoric acid groups is 1. The minimum absolute atomic E-state index is 0.105. The molecule has 0 spiro atoms. The summed E-state index contributed by atoms with van der Waals surface area (Å²) >= 11 is 0. The monoisotopic (exact) mass is 940 g/mol. The molecule has 372 valence electrons. The Kier molecular flexibility index (Phi) is 44.4. The fourth-order valence-corrected chi connectivity index (χ4v) is 6.72. The van der Waals surface area contributed by atoms with Crippen molar-refractivity contribution in [2.45, 2.75) is 180 Å². The summed E-state index contributed by atoms with van der Waals surface area (Å²) in [6.45, 7) is 2.39. The molecule has 3 atom stereocenters. The first kappa shape index (κ1) is 61.9. The lowest BCUT2D eigenvalue weighted by molar-refractivity contribution is -0.147. The van der Waals surface area contributed by atoms with Crippen LogP contribution in [0.4, 0.5) is 0 Å². The first-order valence-electron chi connectivity index (χ1n) is 24.6. The van der Waals surface area contributed by atoms with Crippen LogP contribution in [0.25, 0.3) is 0 Å². The van der Waals surface area contributed by atoms with Crippen molar-refractivity contribution in [2.75, 3.05) is 19.8 Å².